The van der Waals surface area contributed by atoms with E-state index in [0.717, 1.165) is 18.9 Å². The van der Waals surface area contributed by atoms with Gasteiger partial charge in [-0.05, 0) is 44.4 Å². The Morgan fingerprint density at radius 3 is 2.65 bits per heavy atom. The van der Waals surface area contributed by atoms with Crippen LogP contribution in [0.5, 0.6) is 0 Å². The summed E-state index contributed by atoms with van der Waals surface area (Å²) in [7, 11) is 0. The third-order valence-corrected chi connectivity index (χ3v) is 3.70. The monoisotopic (exact) mass is 287 g/mol. The SMILES string of the molecule is CCOC1CC(NC(C)c2cccc(C(F)(F)F)c2)C1. The zero-order chi connectivity index (χ0) is 14.8. The topological polar surface area (TPSA) is 21.3 Å². The number of alkyl halides is 3. The highest BCUT2D eigenvalue weighted by Crippen LogP contribution is 2.31. The van der Waals surface area contributed by atoms with Crippen LogP contribution in [0, 0.1) is 0 Å². The van der Waals surface area contributed by atoms with E-state index in [2.05, 4.69) is 5.32 Å². The van der Waals surface area contributed by atoms with Crippen molar-refractivity contribution < 1.29 is 17.9 Å². The summed E-state index contributed by atoms with van der Waals surface area (Å²) >= 11 is 0. The normalized spacial score (nSPS) is 24.2. The van der Waals surface area contributed by atoms with Crippen LogP contribution in [0.1, 0.15) is 43.9 Å². The fourth-order valence-corrected chi connectivity index (χ4v) is 2.51. The summed E-state index contributed by atoms with van der Waals surface area (Å²) in [5, 5.41) is 3.35. The maximum Gasteiger partial charge on any atom is 0.416 e. The number of benzene rings is 1. The van der Waals surface area contributed by atoms with Gasteiger partial charge >= 0.3 is 6.18 Å². The Morgan fingerprint density at radius 1 is 1.35 bits per heavy atom. The summed E-state index contributed by atoms with van der Waals surface area (Å²) in [4.78, 5) is 0. The molecule has 1 aromatic rings. The third kappa shape index (κ3) is 3.73. The van der Waals surface area contributed by atoms with Gasteiger partial charge in [0, 0.05) is 18.7 Å². The third-order valence-electron chi connectivity index (χ3n) is 3.70. The Bertz CT molecular complexity index is 441. The van der Waals surface area contributed by atoms with E-state index in [1.165, 1.54) is 12.1 Å². The number of hydrogen-bond donors (Lipinski definition) is 1. The predicted molar refractivity (Wildman–Crippen MR) is 71.4 cm³/mol. The quantitative estimate of drug-likeness (QED) is 0.886. The molecule has 0 saturated heterocycles. The van der Waals surface area contributed by atoms with E-state index in [4.69, 9.17) is 4.74 Å². The van der Waals surface area contributed by atoms with Crippen LogP contribution < -0.4 is 5.32 Å². The highest BCUT2D eigenvalue weighted by atomic mass is 19.4. The lowest BCUT2D eigenvalue weighted by atomic mass is 9.88. The first-order chi connectivity index (χ1) is 9.40. The lowest BCUT2D eigenvalue weighted by molar-refractivity contribution is -0.137. The summed E-state index contributed by atoms with van der Waals surface area (Å²) in [6, 6.07) is 5.74. The summed E-state index contributed by atoms with van der Waals surface area (Å²) in [5.74, 6) is 0. The predicted octanol–water partition coefficient (Wildman–Crippen LogP) is 3.92. The minimum atomic E-state index is -4.29. The van der Waals surface area contributed by atoms with Gasteiger partial charge in [-0.2, -0.15) is 13.2 Å². The average Bonchev–Trinajstić information content (AvgIpc) is 2.35. The average molecular weight is 287 g/mol. The van der Waals surface area contributed by atoms with Crippen LogP contribution in [0.15, 0.2) is 24.3 Å². The van der Waals surface area contributed by atoms with E-state index in [-0.39, 0.29) is 6.04 Å². The van der Waals surface area contributed by atoms with Gasteiger partial charge in [-0.3, -0.25) is 0 Å². The molecule has 0 bridgehead atoms. The zero-order valence-electron chi connectivity index (χ0n) is 11.7. The second-order valence-electron chi connectivity index (χ2n) is 5.26. The first-order valence-corrected chi connectivity index (χ1v) is 6.95. The van der Waals surface area contributed by atoms with Gasteiger partial charge < -0.3 is 10.1 Å². The van der Waals surface area contributed by atoms with Crippen LogP contribution in [0.25, 0.3) is 0 Å². The maximum absolute atomic E-state index is 12.7. The summed E-state index contributed by atoms with van der Waals surface area (Å²) in [6.45, 7) is 4.57. The van der Waals surface area contributed by atoms with E-state index < -0.39 is 11.7 Å². The lowest BCUT2D eigenvalue weighted by Gasteiger charge is -2.37. The van der Waals surface area contributed by atoms with E-state index in [1.54, 1.807) is 6.07 Å². The van der Waals surface area contributed by atoms with E-state index >= 15 is 0 Å². The van der Waals surface area contributed by atoms with Crippen LogP contribution in [0.2, 0.25) is 0 Å². The first-order valence-electron chi connectivity index (χ1n) is 6.95. The van der Waals surface area contributed by atoms with Gasteiger partial charge in [-0.1, -0.05) is 12.1 Å². The van der Waals surface area contributed by atoms with Gasteiger partial charge in [0.1, 0.15) is 0 Å². The largest absolute Gasteiger partial charge is 0.416 e. The lowest BCUT2D eigenvalue weighted by Crippen LogP contribution is -2.46. The number of nitrogens with one attached hydrogen (secondary N) is 1. The Morgan fingerprint density at radius 2 is 2.05 bits per heavy atom. The van der Waals surface area contributed by atoms with Gasteiger partial charge in [-0.25, -0.2) is 0 Å². The number of halogens is 3. The van der Waals surface area contributed by atoms with E-state index in [1.807, 2.05) is 13.8 Å². The molecule has 0 amide bonds. The van der Waals surface area contributed by atoms with E-state index in [0.29, 0.717) is 24.3 Å². The molecule has 0 aliphatic heterocycles. The van der Waals surface area contributed by atoms with Crippen LogP contribution in [-0.2, 0) is 10.9 Å². The van der Waals surface area contributed by atoms with Crippen LogP contribution in [-0.4, -0.2) is 18.8 Å². The highest BCUT2D eigenvalue weighted by Gasteiger charge is 2.32. The van der Waals surface area contributed by atoms with E-state index in [9.17, 15) is 13.2 Å². The fourth-order valence-electron chi connectivity index (χ4n) is 2.51. The Hall–Kier alpha value is -1.07. The second-order valence-corrected chi connectivity index (χ2v) is 5.26. The number of hydrogen-bond acceptors (Lipinski definition) is 2. The molecule has 1 aromatic carbocycles. The smallest absolute Gasteiger partial charge is 0.378 e. The van der Waals surface area contributed by atoms with Crippen LogP contribution >= 0.6 is 0 Å². The zero-order valence-corrected chi connectivity index (χ0v) is 11.7. The van der Waals surface area contributed by atoms with Gasteiger partial charge in [0.2, 0.25) is 0 Å². The molecule has 1 aliphatic rings. The molecule has 1 atom stereocenters. The Balaban J connectivity index is 1.92. The van der Waals surface area contributed by atoms with Crippen molar-refractivity contribution in [3.05, 3.63) is 35.4 Å². The van der Waals surface area contributed by atoms with Crippen LogP contribution in [0.4, 0.5) is 13.2 Å². The van der Waals surface area contributed by atoms with Crippen molar-refractivity contribution >= 4 is 0 Å². The summed E-state index contributed by atoms with van der Waals surface area (Å²) in [6.07, 6.45) is -2.13. The summed E-state index contributed by atoms with van der Waals surface area (Å²) in [5.41, 5.74) is 0.0733. The minimum Gasteiger partial charge on any atom is -0.378 e. The van der Waals surface area contributed by atoms with Gasteiger partial charge in [0.15, 0.2) is 0 Å². The molecule has 112 valence electrons. The maximum atomic E-state index is 12.7. The molecule has 5 heteroatoms. The van der Waals surface area contributed by atoms with Gasteiger partial charge in [-0.15, -0.1) is 0 Å². The molecular weight excluding hydrogens is 267 g/mol. The molecular formula is C15H20F3NO. The van der Waals surface area contributed by atoms with Crippen molar-refractivity contribution in [3.8, 4) is 0 Å². The molecule has 1 unspecified atom stereocenters. The number of rotatable bonds is 5. The van der Waals surface area contributed by atoms with Crippen molar-refractivity contribution in [2.45, 2.75) is 51.1 Å². The number of ether oxygens (including phenoxy) is 1. The molecule has 1 fully saturated rings. The van der Waals surface area contributed by atoms with Crippen molar-refractivity contribution in [1.82, 2.24) is 5.32 Å². The van der Waals surface area contributed by atoms with Crippen molar-refractivity contribution in [2.75, 3.05) is 6.61 Å². The molecule has 20 heavy (non-hydrogen) atoms. The molecule has 0 heterocycles. The molecule has 2 rings (SSSR count). The fraction of sp³-hybridized carbons (Fsp3) is 0.600. The summed E-state index contributed by atoms with van der Waals surface area (Å²) < 4.78 is 43.5. The molecule has 0 spiro atoms. The highest BCUT2D eigenvalue weighted by molar-refractivity contribution is 5.27. The molecule has 0 aromatic heterocycles. The van der Waals surface area contributed by atoms with Crippen molar-refractivity contribution in [3.63, 3.8) is 0 Å². The van der Waals surface area contributed by atoms with Crippen molar-refractivity contribution in [2.24, 2.45) is 0 Å². The van der Waals surface area contributed by atoms with Gasteiger partial charge in [0.05, 0.1) is 11.7 Å². The molecule has 1 aliphatic carbocycles. The molecule has 1 saturated carbocycles. The Labute approximate surface area is 117 Å². The second kappa shape index (κ2) is 6.14. The van der Waals surface area contributed by atoms with Crippen molar-refractivity contribution in [1.29, 1.82) is 0 Å². The minimum absolute atomic E-state index is 0.0927. The molecule has 0 radical (unpaired) electrons. The standard InChI is InChI=1S/C15H20F3NO/c1-3-20-14-8-13(9-14)19-10(2)11-5-4-6-12(7-11)15(16,17)18/h4-7,10,13-14,19H,3,8-9H2,1-2H3. The van der Waals surface area contributed by atoms with Crippen LogP contribution in [0.3, 0.4) is 0 Å². The van der Waals surface area contributed by atoms with Gasteiger partial charge in [0.25, 0.3) is 0 Å². The first kappa shape index (κ1) is 15.3. The molecule has 1 N–H and O–H groups in total. The Kier molecular flexibility index (Phi) is 4.70. The molecule has 2 nitrogen and oxygen atoms in total.